The number of ketones is 1. The van der Waals surface area contributed by atoms with Crippen molar-refractivity contribution in [2.24, 2.45) is 17.8 Å². The van der Waals surface area contributed by atoms with E-state index < -0.39 is 48.1 Å². The minimum Gasteiger partial charge on any atom is -0.434 e. The van der Waals surface area contributed by atoms with E-state index in [9.17, 15) is 32.8 Å². The molecule has 46 heavy (non-hydrogen) atoms. The average molecular weight is 642 g/mol. The van der Waals surface area contributed by atoms with Gasteiger partial charge < -0.3 is 30.6 Å². The molecule has 2 saturated carbocycles. The zero-order chi connectivity index (χ0) is 32.4. The van der Waals surface area contributed by atoms with Gasteiger partial charge in [-0.3, -0.25) is 24.0 Å². The molecule has 0 bridgehead atoms. The first kappa shape index (κ1) is 31.9. The molecular weight excluding hydrogens is 600 g/mol. The van der Waals surface area contributed by atoms with Crippen molar-refractivity contribution in [3.63, 3.8) is 0 Å². The van der Waals surface area contributed by atoms with E-state index in [-0.39, 0.29) is 41.6 Å². The summed E-state index contributed by atoms with van der Waals surface area (Å²) in [6.45, 7) is -2.26. The first-order valence-corrected chi connectivity index (χ1v) is 16.5. The monoisotopic (exact) mass is 641 g/mol. The van der Waals surface area contributed by atoms with Crippen LogP contribution in [0.25, 0.3) is 10.9 Å². The third-order valence-corrected chi connectivity index (χ3v) is 10.2. The Morgan fingerprint density at radius 2 is 1.76 bits per heavy atom. The van der Waals surface area contributed by atoms with Crippen LogP contribution in [0, 0.1) is 17.8 Å². The van der Waals surface area contributed by atoms with Crippen molar-refractivity contribution in [1.29, 1.82) is 0 Å². The molecule has 4 fully saturated rings. The van der Waals surface area contributed by atoms with Crippen molar-refractivity contribution >= 4 is 40.3 Å². The minimum absolute atomic E-state index is 0.0157. The van der Waals surface area contributed by atoms with Gasteiger partial charge in [0.1, 0.15) is 17.5 Å². The predicted molar refractivity (Wildman–Crippen MR) is 163 cm³/mol. The summed E-state index contributed by atoms with van der Waals surface area (Å²) in [6, 6.07) is 3.78. The molecule has 4 aliphatic rings. The van der Waals surface area contributed by atoms with Crippen molar-refractivity contribution in [3.05, 3.63) is 30.0 Å². The van der Waals surface area contributed by atoms with Gasteiger partial charge in [-0.25, -0.2) is 0 Å². The highest BCUT2D eigenvalue weighted by Gasteiger charge is 2.49. The number of nitrogens with zero attached hydrogens (tertiary/aromatic N) is 1. The number of halogens is 2. The summed E-state index contributed by atoms with van der Waals surface area (Å²) in [7, 11) is 0. The molecule has 248 valence electrons. The number of H-pyrrole nitrogens is 1. The normalized spacial score (nSPS) is 25.6. The minimum atomic E-state index is -3.04. The number of alkyl halides is 2. The van der Waals surface area contributed by atoms with E-state index in [1.807, 2.05) is 0 Å². The number of carbonyl (C=O) groups excluding carboxylic acids is 5. The summed E-state index contributed by atoms with van der Waals surface area (Å²) < 4.78 is 30.7. The van der Waals surface area contributed by atoms with E-state index in [1.165, 1.54) is 23.1 Å². The van der Waals surface area contributed by atoms with Crippen LogP contribution in [0.5, 0.6) is 5.75 Å². The maximum Gasteiger partial charge on any atom is 0.387 e. The van der Waals surface area contributed by atoms with Crippen molar-refractivity contribution in [1.82, 2.24) is 25.8 Å². The molecule has 4 N–H and O–H groups in total. The number of nitrogens with one attached hydrogen (secondary N) is 4. The first-order chi connectivity index (χ1) is 22.2. The number of rotatable bonds is 10. The Kier molecular flexibility index (Phi) is 9.55. The molecule has 13 heteroatoms. The summed E-state index contributed by atoms with van der Waals surface area (Å²) in [4.78, 5) is 71.9. The van der Waals surface area contributed by atoms with Crippen LogP contribution in [0.1, 0.15) is 81.1 Å². The number of hydrogen-bond donors (Lipinski definition) is 4. The Hall–Kier alpha value is -4.03. The van der Waals surface area contributed by atoms with Crippen molar-refractivity contribution in [2.75, 3.05) is 13.1 Å². The Bertz CT molecular complexity index is 1490. The highest BCUT2D eigenvalue weighted by atomic mass is 19.3. The first-order valence-electron chi connectivity index (χ1n) is 16.5. The van der Waals surface area contributed by atoms with Crippen LogP contribution in [0.2, 0.25) is 0 Å². The Labute approximate surface area is 265 Å². The smallest absolute Gasteiger partial charge is 0.387 e. The van der Waals surface area contributed by atoms with E-state index >= 15 is 0 Å². The molecule has 6 rings (SSSR count). The highest BCUT2D eigenvalue weighted by molar-refractivity contribution is 6.38. The molecule has 5 atom stereocenters. The number of aromatic nitrogens is 1. The van der Waals surface area contributed by atoms with Gasteiger partial charge in [0.25, 0.3) is 11.8 Å². The number of benzene rings is 1. The lowest BCUT2D eigenvalue weighted by Gasteiger charge is -2.31. The van der Waals surface area contributed by atoms with Crippen LogP contribution in [0.3, 0.4) is 0 Å². The number of ether oxygens (including phenoxy) is 1. The molecule has 2 aromatic rings. The van der Waals surface area contributed by atoms with Gasteiger partial charge in [-0.05, 0) is 68.6 Å². The van der Waals surface area contributed by atoms with Gasteiger partial charge in [-0.1, -0.05) is 38.2 Å². The van der Waals surface area contributed by atoms with Gasteiger partial charge in [0, 0.05) is 36.0 Å². The molecule has 2 saturated heterocycles. The maximum atomic E-state index is 14.2. The van der Waals surface area contributed by atoms with Crippen LogP contribution < -0.4 is 20.7 Å². The van der Waals surface area contributed by atoms with E-state index in [0.29, 0.717) is 30.4 Å². The second-order valence-corrected chi connectivity index (χ2v) is 13.1. The molecule has 4 amide bonds. The lowest BCUT2D eigenvalue weighted by molar-refractivity contribution is -0.141. The number of amides is 4. The van der Waals surface area contributed by atoms with Gasteiger partial charge in [0.15, 0.2) is 0 Å². The fraction of sp³-hybridized carbons (Fsp3) is 0.606. The number of aromatic amines is 1. The van der Waals surface area contributed by atoms with Crippen molar-refractivity contribution in [3.8, 4) is 5.75 Å². The van der Waals surface area contributed by atoms with Crippen LogP contribution >= 0.6 is 0 Å². The molecule has 2 aliphatic heterocycles. The third-order valence-electron chi connectivity index (χ3n) is 10.2. The second-order valence-electron chi connectivity index (χ2n) is 13.1. The second kappa shape index (κ2) is 13.8. The molecule has 0 radical (unpaired) electrons. The van der Waals surface area contributed by atoms with Crippen LogP contribution in [0.15, 0.2) is 24.3 Å². The van der Waals surface area contributed by atoms with Gasteiger partial charge >= 0.3 is 6.61 Å². The quantitative estimate of drug-likeness (QED) is 0.292. The fourth-order valence-electron chi connectivity index (χ4n) is 7.92. The molecule has 0 spiro atoms. The van der Waals surface area contributed by atoms with Gasteiger partial charge in [0.05, 0.1) is 6.04 Å². The SMILES string of the molecule is O=C(NC1CCCCC1)C(=O)[C@H](CC1CCNC1=O)NC(=O)[C@@H]1[C@H]2CCCC[C@H]2CN1C(=O)c1cc2c(OC(F)F)cccc2[nH]1. The van der Waals surface area contributed by atoms with E-state index in [0.717, 1.165) is 57.8 Å². The summed E-state index contributed by atoms with van der Waals surface area (Å²) >= 11 is 0. The van der Waals surface area contributed by atoms with Gasteiger partial charge in [-0.15, -0.1) is 0 Å². The molecule has 11 nitrogen and oxygen atoms in total. The summed E-state index contributed by atoms with van der Waals surface area (Å²) in [5.41, 5.74) is 0.558. The lowest BCUT2D eigenvalue weighted by Crippen LogP contribution is -2.56. The fourth-order valence-corrected chi connectivity index (χ4v) is 7.92. The topological polar surface area (TPSA) is 150 Å². The number of hydrogen-bond acceptors (Lipinski definition) is 6. The van der Waals surface area contributed by atoms with E-state index in [1.54, 1.807) is 6.07 Å². The molecular formula is C33H41F2N5O6. The van der Waals surface area contributed by atoms with Crippen LogP contribution in [0.4, 0.5) is 8.78 Å². The van der Waals surface area contributed by atoms with Crippen LogP contribution in [-0.2, 0) is 19.2 Å². The number of carbonyl (C=O) groups is 5. The van der Waals surface area contributed by atoms with Crippen LogP contribution in [-0.4, -0.2) is 77.1 Å². The number of Topliss-reactive ketones (excluding diaryl/α,β-unsaturated/α-hetero) is 1. The van der Waals surface area contributed by atoms with Crippen molar-refractivity contribution < 1.29 is 37.5 Å². The van der Waals surface area contributed by atoms with Crippen molar-refractivity contribution in [2.45, 2.75) is 95.4 Å². The Morgan fingerprint density at radius 3 is 2.50 bits per heavy atom. The molecule has 2 aliphatic carbocycles. The Morgan fingerprint density at radius 1 is 1.00 bits per heavy atom. The highest BCUT2D eigenvalue weighted by Crippen LogP contribution is 2.41. The maximum absolute atomic E-state index is 14.2. The summed E-state index contributed by atoms with van der Waals surface area (Å²) in [5, 5.41) is 8.71. The Balaban J connectivity index is 1.25. The molecule has 1 unspecified atom stereocenters. The zero-order valence-corrected chi connectivity index (χ0v) is 25.7. The zero-order valence-electron chi connectivity index (χ0n) is 25.7. The van der Waals surface area contributed by atoms with E-state index in [2.05, 4.69) is 25.7 Å². The standard InChI is InChI=1S/C33H41F2N5O6/c34-33(35)46-26-12-6-11-23-22(26)16-25(38-23)32(45)40-17-19-7-4-5-10-21(19)27(40)30(43)39-24(15-18-13-14-36-29(18)42)28(41)31(44)37-20-8-2-1-3-9-20/h6,11-12,16,18-21,24,27,33,38H,1-5,7-10,13-15,17H2,(H,36,42)(H,37,44)(H,39,43)/t18?,19-,21-,24-,27-/m0/s1. The summed E-state index contributed by atoms with van der Waals surface area (Å²) in [5.74, 6) is -3.49. The average Bonchev–Trinajstić information content (AvgIpc) is 3.77. The molecule has 1 aromatic carbocycles. The molecule has 3 heterocycles. The number of fused-ring (bicyclic) bond motifs is 2. The largest absolute Gasteiger partial charge is 0.434 e. The summed E-state index contributed by atoms with van der Waals surface area (Å²) in [6.07, 6.45) is 8.47. The third kappa shape index (κ3) is 6.73. The molecule has 1 aromatic heterocycles. The van der Waals surface area contributed by atoms with Gasteiger partial charge in [-0.2, -0.15) is 8.78 Å². The predicted octanol–water partition coefficient (Wildman–Crippen LogP) is 3.43. The number of likely N-dealkylation sites (tertiary alicyclic amines) is 1. The van der Waals surface area contributed by atoms with Gasteiger partial charge in [0.2, 0.25) is 17.6 Å². The lowest BCUT2D eigenvalue weighted by atomic mass is 9.78. The van der Waals surface area contributed by atoms with E-state index in [4.69, 9.17) is 0 Å².